The molecule has 1 aliphatic heterocycles. The highest BCUT2D eigenvalue weighted by molar-refractivity contribution is 5.21. The second kappa shape index (κ2) is 6.37. The summed E-state index contributed by atoms with van der Waals surface area (Å²) in [4.78, 5) is 0. The lowest BCUT2D eigenvalue weighted by Crippen LogP contribution is -2.67. The van der Waals surface area contributed by atoms with Crippen LogP contribution in [-0.2, 0) is 4.74 Å². The van der Waals surface area contributed by atoms with Crippen LogP contribution in [-0.4, -0.2) is 23.9 Å². The van der Waals surface area contributed by atoms with E-state index in [1.807, 2.05) is 0 Å². The smallest absolute Gasteiger partial charge is 0.0663 e. The fourth-order valence-electron chi connectivity index (χ4n) is 12.0. The summed E-state index contributed by atoms with van der Waals surface area (Å²) in [5.74, 6) is 3.11. The lowest BCUT2D eigenvalue weighted by atomic mass is 9.31. The fourth-order valence-corrected chi connectivity index (χ4v) is 12.0. The van der Waals surface area contributed by atoms with Gasteiger partial charge in [-0.3, -0.25) is 0 Å². The number of rotatable bonds is 0. The number of hydrogen-bond donors (Lipinski definition) is 1. The minimum absolute atomic E-state index is 0.0586. The molecule has 0 amide bonds. The highest BCUT2D eigenvalue weighted by Crippen LogP contribution is 2.78. The van der Waals surface area contributed by atoms with E-state index >= 15 is 0 Å². The summed E-state index contributed by atoms with van der Waals surface area (Å²) in [5, 5.41) is 10.9. The van der Waals surface area contributed by atoms with Gasteiger partial charge in [0.15, 0.2) is 0 Å². The Kier molecular flexibility index (Phi) is 4.46. The van der Waals surface area contributed by atoms with Gasteiger partial charge in [-0.2, -0.15) is 0 Å². The van der Waals surface area contributed by atoms with Crippen molar-refractivity contribution in [1.29, 1.82) is 0 Å². The predicted octanol–water partition coefficient (Wildman–Crippen LogP) is 7.24. The Bertz CT molecular complexity index is 801. The number of fused-ring (bicyclic) bond motifs is 5. The molecule has 1 heterocycles. The van der Waals surface area contributed by atoms with Crippen LogP contribution in [0.5, 0.6) is 0 Å². The average Bonchev–Trinajstić information content (AvgIpc) is 3.05. The molecule has 5 aliphatic carbocycles. The molecule has 2 nitrogen and oxygen atoms in total. The third-order valence-corrected chi connectivity index (χ3v) is 14.1. The average molecular weight is 443 g/mol. The molecule has 6 aliphatic rings. The van der Waals surface area contributed by atoms with E-state index < -0.39 is 0 Å². The van der Waals surface area contributed by atoms with Crippen LogP contribution in [0.15, 0.2) is 0 Å². The van der Waals surface area contributed by atoms with Crippen LogP contribution in [0.1, 0.15) is 113 Å². The van der Waals surface area contributed by atoms with Gasteiger partial charge in [-0.25, -0.2) is 0 Å². The monoisotopic (exact) mass is 442 g/mol. The van der Waals surface area contributed by atoms with Crippen molar-refractivity contribution in [2.24, 2.45) is 56.2 Å². The summed E-state index contributed by atoms with van der Waals surface area (Å²) >= 11 is 0. The molecule has 1 N–H and O–H groups in total. The van der Waals surface area contributed by atoms with E-state index in [0.29, 0.717) is 39.1 Å². The van der Waals surface area contributed by atoms with Gasteiger partial charge >= 0.3 is 0 Å². The summed E-state index contributed by atoms with van der Waals surface area (Å²) in [7, 11) is 0. The SMILES string of the molecule is CC1(C)CC[C@]23CC[C@]4(C)[C@H](CC[C@H]5[C@@]6(C)CC[C@H](O)C(C)(C)[C@H]6CC[C@]54C)[C@H]2[C@@H]1OC3. The van der Waals surface area contributed by atoms with Crippen molar-refractivity contribution in [2.75, 3.05) is 6.61 Å². The molecule has 0 aromatic rings. The molecule has 0 spiro atoms. The summed E-state index contributed by atoms with van der Waals surface area (Å²) in [6.07, 6.45) is 13.7. The van der Waals surface area contributed by atoms with Crippen molar-refractivity contribution in [3.05, 3.63) is 0 Å². The molecule has 5 saturated carbocycles. The standard InChI is InChI=1S/C30H50O2/c1-25(2)14-16-30-17-15-28(6)19(23(30)24(25)32-18-30)8-9-21-27(5)12-11-22(31)26(3,4)20(27)10-13-29(21,28)7/h19-24,31H,8-18H2,1-7H3/t19-,20-,21+,22+,23+,24+,27+,28-,29-,30-/m1/s1. The largest absolute Gasteiger partial charge is 0.393 e. The minimum atomic E-state index is -0.122. The topological polar surface area (TPSA) is 29.5 Å². The van der Waals surface area contributed by atoms with Crippen LogP contribution >= 0.6 is 0 Å². The molecule has 0 radical (unpaired) electrons. The van der Waals surface area contributed by atoms with Crippen LogP contribution < -0.4 is 0 Å². The van der Waals surface area contributed by atoms with Gasteiger partial charge in [-0.05, 0) is 120 Å². The van der Waals surface area contributed by atoms with Crippen LogP contribution in [0.2, 0.25) is 0 Å². The second-order valence-corrected chi connectivity index (χ2v) is 15.7. The molecule has 2 bridgehead atoms. The molecule has 32 heavy (non-hydrogen) atoms. The normalized spacial score (nSPS) is 60.0. The predicted molar refractivity (Wildman–Crippen MR) is 130 cm³/mol. The molecule has 0 aromatic heterocycles. The summed E-state index contributed by atoms with van der Waals surface area (Å²) < 4.78 is 6.71. The van der Waals surface area contributed by atoms with Gasteiger partial charge in [0.1, 0.15) is 0 Å². The van der Waals surface area contributed by atoms with E-state index in [4.69, 9.17) is 4.74 Å². The Morgan fingerprint density at radius 1 is 0.688 bits per heavy atom. The first-order valence-electron chi connectivity index (χ1n) is 14.1. The van der Waals surface area contributed by atoms with Gasteiger partial charge in [0.05, 0.1) is 18.8 Å². The van der Waals surface area contributed by atoms with Crippen molar-refractivity contribution in [2.45, 2.75) is 125 Å². The second-order valence-electron chi connectivity index (χ2n) is 15.7. The van der Waals surface area contributed by atoms with Crippen molar-refractivity contribution in [3.63, 3.8) is 0 Å². The van der Waals surface area contributed by atoms with E-state index in [0.717, 1.165) is 30.8 Å². The van der Waals surface area contributed by atoms with Crippen LogP contribution in [0, 0.1) is 56.2 Å². The van der Waals surface area contributed by atoms with E-state index in [-0.39, 0.29) is 11.5 Å². The van der Waals surface area contributed by atoms with Crippen molar-refractivity contribution in [3.8, 4) is 0 Å². The lowest BCUT2D eigenvalue weighted by molar-refractivity contribution is -0.252. The lowest BCUT2D eigenvalue weighted by Gasteiger charge is -2.73. The van der Waals surface area contributed by atoms with Gasteiger partial charge in [-0.15, -0.1) is 0 Å². The molecule has 10 atom stereocenters. The molecule has 0 unspecified atom stereocenters. The van der Waals surface area contributed by atoms with Crippen LogP contribution in [0.3, 0.4) is 0 Å². The Balaban J connectivity index is 1.39. The Morgan fingerprint density at radius 2 is 1.41 bits per heavy atom. The van der Waals surface area contributed by atoms with Crippen LogP contribution in [0.4, 0.5) is 0 Å². The molecular formula is C30H50O2. The zero-order chi connectivity index (χ0) is 22.9. The molecule has 2 heteroatoms. The molecule has 1 saturated heterocycles. The molecule has 6 fully saturated rings. The van der Waals surface area contributed by atoms with Gasteiger partial charge in [0.2, 0.25) is 0 Å². The zero-order valence-electron chi connectivity index (χ0n) is 22.1. The maximum absolute atomic E-state index is 10.9. The molecular weight excluding hydrogens is 392 g/mol. The van der Waals surface area contributed by atoms with Gasteiger partial charge < -0.3 is 9.84 Å². The van der Waals surface area contributed by atoms with Crippen molar-refractivity contribution in [1.82, 2.24) is 0 Å². The third-order valence-electron chi connectivity index (χ3n) is 14.1. The van der Waals surface area contributed by atoms with Gasteiger partial charge in [0, 0.05) is 0 Å². The maximum atomic E-state index is 10.9. The quantitative estimate of drug-likeness (QED) is 0.428. The highest BCUT2D eigenvalue weighted by atomic mass is 16.5. The Labute approximate surface area is 197 Å². The van der Waals surface area contributed by atoms with Crippen molar-refractivity contribution < 1.29 is 9.84 Å². The number of ether oxygens (including phenoxy) is 1. The van der Waals surface area contributed by atoms with E-state index in [9.17, 15) is 5.11 Å². The van der Waals surface area contributed by atoms with Gasteiger partial charge in [0.25, 0.3) is 0 Å². The number of aliphatic hydroxyl groups excluding tert-OH is 1. The maximum Gasteiger partial charge on any atom is 0.0663 e. The molecule has 6 rings (SSSR count). The number of aliphatic hydroxyl groups is 1. The first-order chi connectivity index (χ1) is 14.8. The van der Waals surface area contributed by atoms with Gasteiger partial charge in [-0.1, -0.05) is 48.5 Å². The van der Waals surface area contributed by atoms with E-state index in [1.165, 1.54) is 57.8 Å². The third kappa shape index (κ3) is 2.41. The summed E-state index contributed by atoms with van der Waals surface area (Å²) in [6, 6.07) is 0. The molecule has 182 valence electrons. The fraction of sp³-hybridized carbons (Fsp3) is 1.00. The van der Waals surface area contributed by atoms with Crippen molar-refractivity contribution >= 4 is 0 Å². The minimum Gasteiger partial charge on any atom is -0.393 e. The van der Waals surface area contributed by atoms with Crippen LogP contribution in [0.25, 0.3) is 0 Å². The Morgan fingerprint density at radius 3 is 2.16 bits per heavy atom. The summed E-state index contributed by atoms with van der Waals surface area (Å²) in [6.45, 7) is 18.9. The number of hydrogen-bond acceptors (Lipinski definition) is 2. The highest BCUT2D eigenvalue weighted by Gasteiger charge is 2.72. The zero-order valence-corrected chi connectivity index (χ0v) is 22.1. The Hall–Kier alpha value is -0.0800. The van der Waals surface area contributed by atoms with E-state index in [1.54, 1.807) is 0 Å². The summed E-state index contributed by atoms with van der Waals surface area (Å²) in [5.41, 5.74) is 2.16. The first kappa shape index (κ1) is 22.4. The van der Waals surface area contributed by atoms with E-state index in [2.05, 4.69) is 48.5 Å². The molecule has 0 aromatic carbocycles. The first-order valence-corrected chi connectivity index (χ1v) is 14.1.